The summed E-state index contributed by atoms with van der Waals surface area (Å²) in [5.41, 5.74) is 0.965. The number of aliphatic hydroxyl groups is 1. The Morgan fingerprint density at radius 1 is 0.941 bits per heavy atom. The molecule has 0 fully saturated rings. The second kappa shape index (κ2) is 13.2. The van der Waals surface area contributed by atoms with E-state index in [1.54, 1.807) is 0 Å². The van der Waals surface area contributed by atoms with Crippen LogP contribution in [0.4, 0.5) is 0 Å². The van der Waals surface area contributed by atoms with Crippen LogP contribution in [0.15, 0.2) is 30.3 Å². The monoisotopic (exact) mass is 238 g/mol. The third kappa shape index (κ3) is 11.4. The Labute approximate surface area is 106 Å². The van der Waals surface area contributed by atoms with Crippen molar-refractivity contribution in [1.82, 2.24) is 0 Å². The van der Waals surface area contributed by atoms with Gasteiger partial charge in [-0.2, -0.15) is 0 Å². The van der Waals surface area contributed by atoms with Crippen LogP contribution in [-0.2, 0) is 11.3 Å². The summed E-state index contributed by atoms with van der Waals surface area (Å²) in [6, 6.07) is 9.52. The van der Waals surface area contributed by atoms with E-state index in [2.05, 4.69) is 13.8 Å². The SMILES string of the molecule is CCCCOCCCC.OCc1ccccc1. The Morgan fingerprint density at radius 3 is 1.82 bits per heavy atom. The maximum Gasteiger partial charge on any atom is 0.0681 e. The van der Waals surface area contributed by atoms with Gasteiger partial charge in [-0.25, -0.2) is 0 Å². The summed E-state index contributed by atoms with van der Waals surface area (Å²) < 4.78 is 5.31. The largest absolute Gasteiger partial charge is 0.392 e. The predicted octanol–water partition coefficient (Wildman–Crippen LogP) is 3.78. The van der Waals surface area contributed by atoms with Crippen molar-refractivity contribution in [2.75, 3.05) is 13.2 Å². The Hall–Kier alpha value is -0.860. The summed E-state index contributed by atoms with van der Waals surface area (Å²) in [7, 11) is 0. The fourth-order valence-corrected chi connectivity index (χ4v) is 1.18. The minimum atomic E-state index is 0.140. The first-order chi connectivity index (χ1) is 8.35. The van der Waals surface area contributed by atoms with E-state index in [0.717, 1.165) is 18.8 Å². The first-order valence-corrected chi connectivity index (χ1v) is 6.57. The van der Waals surface area contributed by atoms with Crippen molar-refractivity contribution in [3.63, 3.8) is 0 Å². The number of benzene rings is 1. The van der Waals surface area contributed by atoms with Crippen LogP contribution in [-0.4, -0.2) is 18.3 Å². The van der Waals surface area contributed by atoms with E-state index in [0.29, 0.717) is 0 Å². The van der Waals surface area contributed by atoms with Crippen molar-refractivity contribution >= 4 is 0 Å². The Kier molecular flexibility index (Phi) is 12.5. The second-order valence-corrected chi connectivity index (χ2v) is 3.96. The number of hydrogen-bond acceptors (Lipinski definition) is 2. The second-order valence-electron chi connectivity index (χ2n) is 3.96. The van der Waals surface area contributed by atoms with Crippen LogP contribution in [0.25, 0.3) is 0 Å². The van der Waals surface area contributed by atoms with Crippen LogP contribution in [0.5, 0.6) is 0 Å². The van der Waals surface area contributed by atoms with Crippen LogP contribution in [0.3, 0.4) is 0 Å². The molecule has 0 radical (unpaired) electrons. The molecule has 0 spiro atoms. The molecule has 0 amide bonds. The summed E-state index contributed by atoms with van der Waals surface area (Å²) in [5, 5.41) is 8.54. The highest BCUT2D eigenvalue weighted by atomic mass is 16.5. The van der Waals surface area contributed by atoms with E-state index in [1.807, 2.05) is 30.3 Å². The fourth-order valence-electron chi connectivity index (χ4n) is 1.18. The third-order valence-corrected chi connectivity index (χ3v) is 2.31. The van der Waals surface area contributed by atoms with Gasteiger partial charge in [0, 0.05) is 13.2 Å². The molecule has 0 aliphatic heterocycles. The highest BCUT2D eigenvalue weighted by Gasteiger charge is 1.84. The number of rotatable bonds is 7. The third-order valence-electron chi connectivity index (χ3n) is 2.31. The molecule has 17 heavy (non-hydrogen) atoms. The lowest BCUT2D eigenvalue weighted by atomic mass is 10.2. The molecule has 0 saturated carbocycles. The quantitative estimate of drug-likeness (QED) is 0.732. The summed E-state index contributed by atoms with van der Waals surface area (Å²) in [4.78, 5) is 0. The predicted molar refractivity (Wildman–Crippen MR) is 73.0 cm³/mol. The van der Waals surface area contributed by atoms with Gasteiger partial charge in [0.2, 0.25) is 0 Å². The highest BCUT2D eigenvalue weighted by molar-refractivity contribution is 5.12. The molecule has 1 N–H and O–H groups in total. The van der Waals surface area contributed by atoms with Crippen LogP contribution in [0.2, 0.25) is 0 Å². The van der Waals surface area contributed by atoms with Crippen LogP contribution in [0.1, 0.15) is 45.1 Å². The van der Waals surface area contributed by atoms with Gasteiger partial charge in [-0.15, -0.1) is 0 Å². The van der Waals surface area contributed by atoms with E-state index in [9.17, 15) is 0 Å². The number of aliphatic hydroxyl groups excluding tert-OH is 1. The molecule has 1 aromatic carbocycles. The van der Waals surface area contributed by atoms with Crippen molar-refractivity contribution in [3.05, 3.63) is 35.9 Å². The maximum atomic E-state index is 8.54. The van der Waals surface area contributed by atoms with Gasteiger partial charge < -0.3 is 9.84 Å². The Morgan fingerprint density at radius 2 is 1.47 bits per heavy atom. The minimum absolute atomic E-state index is 0.140. The zero-order valence-corrected chi connectivity index (χ0v) is 11.2. The Bertz CT molecular complexity index is 228. The summed E-state index contributed by atoms with van der Waals surface area (Å²) in [6.07, 6.45) is 4.91. The molecular formula is C15H26O2. The zero-order valence-electron chi connectivity index (χ0n) is 11.2. The summed E-state index contributed by atoms with van der Waals surface area (Å²) in [5.74, 6) is 0. The van der Waals surface area contributed by atoms with E-state index in [4.69, 9.17) is 9.84 Å². The van der Waals surface area contributed by atoms with Gasteiger partial charge in [-0.1, -0.05) is 57.0 Å². The lowest BCUT2D eigenvalue weighted by molar-refractivity contribution is 0.128. The lowest BCUT2D eigenvalue weighted by Crippen LogP contribution is -1.95. The molecule has 0 aromatic heterocycles. The molecule has 0 saturated heterocycles. The molecule has 1 aromatic rings. The maximum absolute atomic E-state index is 8.54. The van der Waals surface area contributed by atoms with E-state index in [-0.39, 0.29) is 6.61 Å². The molecule has 0 heterocycles. The van der Waals surface area contributed by atoms with Crippen molar-refractivity contribution in [2.24, 2.45) is 0 Å². The molecule has 0 bridgehead atoms. The molecule has 98 valence electrons. The topological polar surface area (TPSA) is 29.5 Å². The fraction of sp³-hybridized carbons (Fsp3) is 0.600. The molecule has 0 aliphatic carbocycles. The van der Waals surface area contributed by atoms with Crippen LogP contribution < -0.4 is 0 Å². The van der Waals surface area contributed by atoms with Gasteiger partial charge in [0.05, 0.1) is 6.61 Å². The standard InChI is InChI=1S/C8H18O.C7H8O/c1-3-5-7-9-8-6-4-2;8-6-7-4-2-1-3-5-7/h3-8H2,1-2H3;1-5,8H,6H2. The highest BCUT2D eigenvalue weighted by Crippen LogP contribution is 1.95. The molecule has 0 unspecified atom stereocenters. The van der Waals surface area contributed by atoms with Crippen molar-refractivity contribution in [2.45, 2.75) is 46.1 Å². The van der Waals surface area contributed by atoms with E-state index < -0.39 is 0 Å². The van der Waals surface area contributed by atoms with Crippen molar-refractivity contribution in [1.29, 1.82) is 0 Å². The number of hydrogen-bond donors (Lipinski definition) is 1. The lowest BCUT2D eigenvalue weighted by Gasteiger charge is -1.99. The van der Waals surface area contributed by atoms with Gasteiger partial charge in [-0.05, 0) is 18.4 Å². The van der Waals surface area contributed by atoms with Gasteiger partial charge in [0.15, 0.2) is 0 Å². The van der Waals surface area contributed by atoms with Crippen molar-refractivity contribution in [3.8, 4) is 0 Å². The minimum Gasteiger partial charge on any atom is -0.392 e. The van der Waals surface area contributed by atoms with Crippen LogP contribution >= 0.6 is 0 Å². The molecule has 0 atom stereocenters. The summed E-state index contributed by atoms with van der Waals surface area (Å²) in [6.45, 7) is 6.42. The Balaban J connectivity index is 0.000000302. The molecular weight excluding hydrogens is 212 g/mol. The van der Waals surface area contributed by atoms with Gasteiger partial charge in [0.25, 0.3) is 0 Å². The normalized spacial score (nSPS) is 9.59. The van der Waals surface area contributed by atoms with E-state index in [1.165, 1.54) is 25.7 Å². The molecule has 0 aliphatic rings. The zero-order chi connectivity index (χ0) is 12.8. The number of unbranched alkanes of at least 4 members (excludes halogenated alkanes) is 2. The van der Waals surface area contributed by atoms with Crippen LogP contribution in [0, 0.1) is 0 Å². The molecule has 2 nitrogen and oxygen atoms in total. The van der Waals surface area contributed by atoms with Crippen molar-refractivity contribution < 1.29 is 9.84 Å². The van der Waals surface area contributed by atoms with E-state index >= 15 is 0 Å². The first kappa shape index (κ1) is 16.1. The summed E-state index contributed by atoms with van der Waals surface area (Å²) >= 11 is 0. The van der Waals surface area contributed by atoms with Gasteiger partial charge >= 0.3 is 0 Å². The number of ether oxygens (including phenoxy) is 1. The first-order valence-electron chi connectivity index (χ1n) is 6.57. The molecule has 2 heteroatoms. The smallest absolute Gasteiger partial charge is 0.0681 e. The average Bonchev–Trinajstić information content (AvgIpc) is 2.40. The average molecular weight is 238 g/mol. The van der Waals surface area contributed by atoms with Gasteiger partial charge in [-0.3, -0.25) is 0 Å². The molecule has 1 rings (SSSR count). The van der Waals surface area contributed by atoms with Gasteiger partial charge in [0.1, 0.15) is 0 Å².